The molecule has 0 saturated carbocycles. The van der Waals surface area contributed by atoms with Crippen LogP contribution in [-0.4, -0.2) is 152 Å². The smallest absolute Gasteiger partial charge is 0.326 e. The minimum Gasteiger partial charge on any atom is -0.481 e. The van der Waals surface area contributed by atoms with E-state index in [2.05, 4.69) is 42.5 Å². The van der Waals surface area contributed by atoms with E-state index in [0.29, 0.717) is 19.4 Å². The van der Waals surface area contributed by atoms with Crippen LogP contribution in [0.4, 0.5) is 0 Å². The molecule has 0 aromatic rings. The van der Waals surface area contributed by atoms with Gasteiger partial charge in [0.2, 0.25) is 47.3 Å². The van der Waals surface area contributed by atoms with Crippen LogP contribution < -0.4 is 54.0 Å². The number of carbonyl (C=O) groups is 12. The molecule has 8 amide bonds. The Morgan fingerprint density at radius 2 is 0.826 bits per heavy atom. The van der Waals surface area contributed by atoms with Gasteiger partial charge >= 0.3 is 23.9 Å². The number of hydrogen-bond acceptors (Lipinski definition) is 14. The first-order valence-electron chi connectivity index (χ1n) is 22.7. The minimum absolute atomic E-state index is 0.0413. The molecule has 0 aliphatic carbocycles. The molecule has 26 nitrogen and oxygen atoms in total. The Hall–Kier alpha value is -6.44. The predicted octanol–water partition coefficient (Wildman–Crippen LogP) is -2.75. The topological polar surface area (TPSA) is 434 Å². The van der Waals surface area contributed by atoms with Crippen LogP contribution in [0.1, 0.15) is 114 Å². The fourth-order valence-corrected chi connectivity index (χ4v) is 6.48. The van der Waals surface area contributed by atoms with E-state index in [9.17, 15) is 78.0 Å². The lowest BCUT2D eigenvalue weighted by atomic mass is 9.96. The predicted molar refractivity (Wildman–Crippen MR) is 245 cm³/mol. The molecule has 0 aromatic heterocycles. The molecule has 10 atom stereocenters. The zero-order valence-corrected chi connectivity index (χ0v) is 40.7. The summed E-state index contributed by atoms with van der Waals surface area (Å²) in [5.74, 6) is -16.5. The van der Waals surface area contributed by atoms with Gasteiger partial charge in [0.25, 0.3) is 0 Å². The van der Waals surface area contributed by atoms with E-state index in [1.165, 1.54) is 27.7 Å². The van der Waals surface area contributed by atoms with Crippen molar-refractivity contribution < 1.29 is 78.0 Å². The maximum Gasteiger partial charge on any atom is 0.326 e. The third kappa shape index (κ3) is 23.4. The highest BCUT2D eigenvalue weighted by molar-refractivity contribution is 5.99. The summed E-state index contributed by atoms with van der Waals surface area (Å²) >= 11 is 0. The Kier molecular flexibility index (Phi) is 28.0. The third-order valence-electron chi connectivity index (χ3n) is 10.7. The van der Waals surface area contributed by atoms with E-state index in [1.807, 2.05) is 0 Å². The van der Waals surface area contributed by atoms with Crippen molar-refractivity contribution in [2.75, 3.05) is 6.54 Å². The number of carbonyl (C=O) groups excluding carboxylic acids is 8. The van der Waals surface area contributed by atoms with Gasteiger partial charge in [-0.05, 0) is 56.4 Å². The zero-order valence-electron chi connectivity index (χ0n) is 40.7. The van der Waals surface area contributed by atoms with Crippen molar-refractivity contribution in [3.05, 3.63) is 0 Å². The zero-order chi connectivity index (χ0) is 53.5. The lowest BCUT2D eigenvalue weighted by Gasteiger charge is -2.29. The first kappa shape index (κ1) is 62.6. The number of nitrogens with two attached hydrogens (primary N) is 2. The normalized spacial score (nSPS) is 15.6. The van der Waals surface area contributed by atoms with Crippen molar-refractivity contribution in [3.63, 3.8) is 0 Å². The maximum atomic E-state index is 13.9. The summed E-state index contributed by atoms with van der Waals surface area (Å²) in [6.07, 6.45) is -1.44. The molecular weight excluding hydrogens is 913 g/mol. The molecule has 0 spiro atoms. The summed E-state index contributed by atoms with van der Waals surface area (Å²) < 4.78 is 0. The molecule has 0 heterocycles. The number of amides is 8. The van der Waals surface area contributed by atoms with Crippen LogP contribution in [0.5, 0.6) is 0 Å². The van der Waals surface area contributed by atoms with Gasteiger partial charge in [-0.1, -0.05) is 68.2 Å². The number of hydrogen-bond donors (Lipinski definition) is 14. The van der Waals surface area contributed by atoms with Crippen LogP contribution in [0.25, 0.3) is 0 Å². The first-order valence-corrected chi connectivity index (χ1v) is 22.7. The van der Waals surface area contributed by atoms with E-state index in [4.69, 9.17) is 11.5 Å². The molecule has 16 N–H and O–H groups in total. The second kappa shape index (κ2) is 30.8. The van der Waals surface area contributed by atoms with Crippen LogP contribution in [-0.2, 0) is 57.5 Å². The Bertz CT molecular complexity index is 1830. The molecule has 0 unspecified atom stereocenters. The number of nitrogens with one attached hydrogen (secondary N) is 8. The number of aliphatic carboxylic acids is 4. The highest BCUT2D eigenvalue weighted by Gasteiger charge is 2.37. The molecule has 69 heavy (non-hydrogen) atoms. The van der Waals surface area contributed by atoms with Crippen LogP contribution in [0.2, 0.25) is 0 Å². The molecule has 0 saturated heterocycles. The lowest BCUT2D eigenvalue weighted by molar-refractivity contribution is -0.145. The average Bonchev–Trinajstić information content (AvgIpc) is 3.23. The molecule has 26 heteroatoms. The standard InChI is InChI=1S/C43H74N10O16/c1-10-22(8)34(42(67)50-27(17-30(56)57)38(63)48-28(18-31(58)59)40(65)52-33(21(6)7)43(68)69)53-39(64)25(15-19(2)3)47-35(60)23(9)46-37(62)26(16-29(54)55)49-41(66)32(20(4)5)51-36(61)24(45)13-11-12-14-44/h19-28,32-34H,10-18,44-45H2,1-9H3,(H,46,62)(H,47,60)(H,48,63)(H,49,66)(H,50,67)(H,51,61)(H,52,65)(H,53,64)(H,54,55)(H,56,57)(H,58,59)(H,68,69)/t22-,23-,24-,25-,26-,27-,28-,32-,33-,34-/m0/s1. The molecule has 0 aromatic carbocycles. The Morgan fingerprint density at radius 3 is 1.23 bits per heavy atom. The van der Waals surface area contributed by atoms with Gasteiger partial charge in [0.1, 0.15) is 48.3 Å². The summed E-state index contributed by atoms with van der Waals surface area (Å²) in [5, 5.41) is 56.6. The van der Waals surface area contributed by atoms with Crippen molar-refractivity contribution in [3.8, 4) is 0 Å². The Morgan fingerprint density at radius 1 is 0.449 bits per heavy atom. The van der Waals surface area contributed by atoms with Crippen LogP contribution in [0.15, 0.2) is 0 Å². The summed E-state index contributed by atoms with van der Waals surface area (Å²) in [7, 11) is 0. The van der Waals surface area contributed by atoms with Crippen LogP contribution in [0.3, 0.4) is 0 Å². The highest BCUT2D eigenvalue weighted by Crippen LogP contribution is 2.13. The fraction of sp³-hybridized carbons (Fsp3) is 0.721. The molecule has 392 valence electrons. The minimum atomic E-state index is -1.96. The number of carboxylic acid groups (broad SMARTS) is 4. The SMILES string of the molecule is CC[C@H](C)[C@H](NC(=O)[C@H](CC(C)C)NC(=O)[C@H](C)NC(=O)[C@H](CC(=O)O)NC(=O)[C@@H](NC(=O)[C@@H](N)CCCCN)C(C)C)C(=O)N[C@@H](CC(=O)O)C(=O)N[C@@H](CC(=O)O)C(=O)N[C@H](C(=O)O)C(C)C. The summed E-state index contributed by atoms with van der Waals surface area (Å²) in [4.78, 5) is 154. The number of carboxylic acids is 4. The summed E-state index contributed by atoms with van der Waals surface area (Å²) in [6, 6.07) is -13.7. The van der Waals surface area contributed by atoms with Crippen molar-refractivity contribution in [2.45, 2.75) is 168 Å². The van der Waals surface area contributed by atoms with Crippen molar-refractivity contribution >= 4 is 71.1 Å². The highest BCUT2D eigenvalue weighted by atomic mass is 16.4. The number of unbranched alkanes of at least 4 members (excludes halogenated alkanes) is 1. The first-order chi connectivity index (χ1) is 32.0. The quantitative estimate of drug-likeness (QED) is 0.0297. The summed E-state index contributed by atoms with van der Waals surface area (Å²) in [6.45, 7) is 14.3. The molecule has 0 aliphatic rings. The number of rotatable bonds is 33. The second-order valence-corrected chi connectivity index (χ2v) is 18.0. The van der Waals surface area contributed by atoms with Gasteiger partial charge in [0.15, 0.2) is 0 Å². The van der Waals surface area contributed by atoms with Gasteiger partial charge in [-0.25, -0.2) is 4.79 Å². The van der Waals surface area contributed by atoms with Crippen molar-refractivity contribution in [1.82, 2.24) is 42.5 Å². The Labute approximate surface area is 400 Å². The van der Waals surface area contributed by atoms with Crippen LogP contribution >= 0.6 is 0 Å². The maximum absolute atomic E-state index is 13.9. The lowest BCUT2D eigenvalue weighted by Crippen LogP contribution is -2.61. The van der Waals surface area contributed by atoms with E-state index < -0.39 is 163 Å². The van der Waals surface area contributed by atoms with Gasteiger partial charge in [-0.15, -0.1) is 0 Å². The molecule has 0 aliphatic heterocycles. The average molecular weight is 987 g/mol. The monoisotopic (exact) mass is 987 g/mol. The fourth-order valence-electron chi connectivity index (χ4n) is 6.48. The second-order valence-electron chi connectivity index (χ2n) is 18.0. The van der Waals surface area contributed by atoms with Gasteiger partial charge in [0.05, 0.1) is 25.3 Å². The Balaban J connectivity index is 6.35. The molecule has 0 radical (unpaired) electrons. The van der Waals surface area contributed by atoms with E-state index in [-0.39, 0.29) is 25.2 Å². The molecule has 0 bridgehead atoms. The third-order valence-corrected chi connectivity index (χ3v) is 10.7. The van der Waals surface area contributed by atoms with E-state index >= 15 is 0 Å². The van der Waals surface area contributed by atoms with Gasteiger partial charge in [-0.3, -0.25) is 52.7 Å². The van der Waals surface area contributed by atoms with E-state index in [0.717, 1.165) is 0 Å². The van der Waals surface area contributed by atoms with Gasteiger partial charge in [-0.2, -0.15) is 0 Å². The summed E-state index contributed by atoms with van der Waals surface area (Å²) in [5.41, 5.74) is 11.5. The molecule has 0 rings (SSSR count). The van der Waals surface area contributed by atoms with Crippen molar-refractivity contribution in [1.29, 1.82) is 0 Å². The van der Waals surface area contributed by atoms with E-state index in [1.54, 1.807) is 34.6 Å². The van der Waals surface area contributed by atoms with Gasteiger partial charge in [0, 0.05) is 0 Å². The van der Waals surface area contributed by atoms with Crippen LogP contribution in [0, 0.1) is 23.7 Å². The van der Waals surface area contributed by atoms with Crippen molar-refractivity contribution in [2.24, 2.45) is 35.1 Å². The van der Waals surface area contributed by atoms with Gasteiger partial charge < -0.3 is 74.4 Å². The molecular formula is C43H74N10O16. The largest absolute Gasteiger partial charge is 0.481 e. The molecule has 0 fully saturated rings.